The number of carbonyl (C=O) groups excluding carboxylic acids is 3. The van der Waals surface area contributed by atoms with Crippen molar-refractivity contribution in [3.63, 3.8) is 0 Å². The minimum Gasteiger partial charge on any atom is -0.345 e. The smallest absolute Gasteiger partial charge is 0.320 e. The number of piperidine rings is 1. The van der Waals surface area contributed by atoms with Crippen LogP contribution in [0.15, 0.2) is 48.9 Å². The van der Waals surface area contributed by atoms with Crippen LogP contribution in [0.3, 0.4) is 0 Å². The highest BCUT2D eigenvalue weighted by molar-refractivity contribution is 6.49. The summed E-state index contributed by atoms with van der Waals surface area (Å²) in [5.41, 5.74) is 4.38. The van der Waals surface area contributed by atoms with Crippen LogP contribution in [-0.4, -0.2) is 86.8 Å². The second-order valence-electron chi connectivity index (χ2n) is 11.8. The number of amides is 4. The summed E-state index contributed by atoms with van der Waals surface area (Å²) in [6.07, 6.45) is 7.44. The quantitative estimate of drug-likeness (QED) is 0.373. The van der Waals surface area contributed by atoms with E-state index in [-0.39, 0.29) is 17.2 Å². The van der Waals surface area contributed by atoms with Crippen LogP contribution in [-0.2, 0) is 22.7 Å². The molecule has 0 radical (unpaired) electrons. The first-order valence-corrected chi connectivity index (χ1v) is 14.6. The van der Waals surface area contributed by atoms with Crippen molar-refractivity contribution in [2.75, 3.05) is 40.3 Å². The first-order chi connectivity index (χ1) is 20.8. The molecule has 7 rings (SSSR count). The van der Waals surface area contributed by atoms with Gasteiger partial charge < -0.3 is 19.3 Å². The molecule has 11 nitrogen and oxygen atoms in total. The fraction of sp³-hybridized carbons (Fsp3) is 0.344. The van der Waals surface area contributed by atoms with Crippen molar-refractivity contribution in [1.29, 1.82) is 5.26 Å². The fourth-order valence-corrected chi connectivity index (χ4v) is 6.79. The Morgan fingerprint density at radius 1 is 1.12 bits per heavy atom. The van der Waals surface area contributed by atoms with Crippen LogP contribution in [0.1, 0.15) is 35.2 Å². The van der Waals surface area contributed by atoms with E-state index in [1.54, 1.807) is 22.9 Å². The van der Waals surface area contributed by atoms with Gasteiger partial charge in [0, 0.05) is 56.6 Å². The number of aromatic nitrogens is 3. The zero-order valence-corrected chi connectivity index (χ0v) is 24.2. The predicted octanol–water partition coefficient (Wildman–Crippen LogP) is 2.94. The van der Waals surface area contributed by atoms with Crippen molar-refractivity contribution >= 4 is 45.5 Å². The molecule has 0 unspecified atom stereocenters. The van der Waals surface area contributed by atoms with Gasteiger partial charge in [0.25, 0.3) is 11.8 Å². The number of nitriles is 1. The number of carbonyl (C=O) groups is 3. The average molecular weight is 577 g/mol. The van der Waals surface area contributed by atoms with Crippen molar-refractivity contribution in [1.82, 2.24) is 34.0 Å². The summed E-state index contributed by atoms with van der Waals surface area (Å²) < 4.78 is 3.83. The Kier molecular flexibility index (Phi) is 6.51. The molecule has 0 bridgehead atoms. The number of imidazole rings is 1. The number of likely N-dealkylation sites (tertiary alicyclic amines) is 1. The topological polar surface area (TPSA) is 119 Å². The molecule has 0 saturated carbocycles. The molecule has 218 valence electrons. The van der Waals surface area contributed by atoms with Gasteiger partial charge in [0.1, 0.15) is 5.65 Å². The lowest BCUT2D eigenvalue weighted by Crippen LogP contribution is -2.44. The molecule has 4 amide bonds. The summed E-state index contributed by atoms with van der Waals surface area (Å²) in [7, 11) is 4.00. The molecule has 1 aromatic carbocycles. The second-order valence-corrected chi connectivity index (χ2v) is 11.8. The fourth-order valence-electron chi connectivity index (χ4n) is 6.79. The molecule has 1 N–H and O–H groups in total. The third kappa shape index (κ3) is 4.55. The molecule has 0 atom stereocenters. The molecule has 3 aliphatic heterocycles. The first-order valence-electron chi connectivity index (χ1n) is 14.6. The van der Waals surface area contributed by atoms with E-state index in [0.29, 0.717) is 53.4 Å². The van der Waals surface area contributed by atoms with E-state index in [1.165, 1.54) is 0 Å². The third-order valence-corrected chi connectivity index (χ3v) is 8.99. The van der Waals surface area contributed by atoms with E-state index in [1.807, 2.05) is 51.9 Å². The molecule has 0 spiro atoms. The summed E-state index contributed by atoms with van der Waals surface area (Å²) in [4.78, 5) is 50.6. The lowest BCUT2D eigenvalue weighted by atomic mass is 9.96. The Morgan fingerprint density at radius 3 is 2.70 bits per heavy atom. The van der Waals surface area contributed by atoms with Crippen LogP contribution in [0.5, 0.6) is 0 Å². The predicted molar refractivity (Wildman–Crippen MR) is 160 cm³/mol. The van der Waals surface area contributed by atoms with Crippen molar-refractivity contribution in [2.24, 2.45) is 5.92 Å². The zero-order chi connectivity index (χ0) is 29.8. The Labute approximate surface area is 248 Å². The highest BCUT2D eigenvalue weighted by Gasteiger charge is 2.36. The Morgan fingerprint density at radius 2 is 1.91 bits per heavy atom. The number of imide groups is 1. The molecule has 1 fully saturated rings. The number of hydrogen-bond acceptors (Lipinski definition) is 6. The van der Waals surface area contributed by atoms with Gasteiger partial charge in [-0.15, -0.1) is 0 Å². The Hall–Kier alpha value is -4.95. The molecular weight excluding hydrogens is 544 g/mol. The van der Waals surface area contributed by atoms with Crippen LogP contribution >= 0.6 is 0 Å². The van der Waals surface area contributed by atoms with Crippen molar-refractivity contribution in [2.45, 2.75) is 25.9 Å². The van der Waals surface area contributed by atoms with E-state index < -0.39 is 11.8 Å². The lowest BCUT2D eigenvalue weighted by Gasteiger charge is -2.33. The standard InChI is InChI=1S/C32H32N8O3/c1-36-9-6-20(7-10-36)17-37(2)32(43)39-12-11-38-19-24(23-14-21(15-33)13-22(18-39)29(23)38)27-28(31(42)35-30(27)41)25-16-34-26-5-3-4-8-40(25)26/h3-5,8,13-14,16,19-20H,6-7,9-12,17-18H2,1-2H3,(H,35,41,42). The number of hydrogen-bond donors (Lipinski definition) is 1. The number of urea groups is 1. The summed E-state index contributed by atoms with van der Waals surface area (Å²) in [5.74, 6) is -0.490. The second kappa shape index (κ2) is 10.4. The number of benzene rings is 1. The molecule has 3 aromatic heterocycles. The lowest BCUT2D eigenvalue weighted by molar-refractivity contribution is -0.122. The number of nitrogens with one attached hydrogen (secondary N) is 1. The van der Waals surface area contributed by atoms with Gasteiger partial charge in [-0.1, -0.05) is 6.07 Å². The van der Waals surface area contributed by atoms with Crippen LogP contribution in [0.4, 0.5) is 4.79 Å². The minimum absolute atomic E-state index is 0.0289. The van der Waals surface area contributed by atoms with Gasteiger partial charge in [-0.2, -0.15) is 5.26 Å². The number of fused-ring (bicyclic) bond motifs is 1. The van der Waals surface area contributed by atoms with Crippen LogP contribution in [0, 0.1) is 17.2 Å². The van der Waals surface area contributed by atoms with E-state index in [9.17, 15) is 19.6 Å². The Bertz CT molecular complexity index is 1890. The Balaban J connectivity index is 1.28. The van der Waals surface area contributed by atoms with E-state index >= 15 is 0 Å². The van der Waals surface area contributed by atoms with E-state index in [4.69, 9.17) is 0 Å². The van der Waals surface area contributed by atoms with Crippen molar-refractivity contribution in [3.8, 4) is 6.07 Å². The summed E-state index contributed by atoms with van der Waals surface area (Å²) in [5, 5.41) is 13.1. The van der Waals surface area contributed by atoms with Crippen molar-refractivity contribution in [3.05, 3.63) is 71.3 Å². The maximum Gasteiger partial charge on any atom is 0.320 e. The number of nitrogens with zero attached hydrogens (tertiary/aromatic N) is 7. The van der Waals surface area contributed by atoms with Crippen LogP contribution in [0.25, 0.3) is 27.7 Å². The van der Waals surface area contributed by atoms with E-state index in [2.05, 4.69) is 28.3 Å². The first kappa shape index (κ1) is 26.9. The summed E-state index contributed by atoms with van der Waals surface area (Å²) >= 11 is 0. The largest absolute Gasteiger partial charge is 0.345 e. The SMILES string of the molecule is CN1CCC(CN(C)C(=O)N2CCn3cc(C4=C(c5cnc6ccccn56)C(=O)NC4=O)c4cc(C#N)cc(c43)C2)CC1. The van der Waals surface area contributed by atoms with Crippen LogP contribution in [0.2, 0.25) is 0 Å². The summed E-state index contributed by atoms with van der Waals surface area (Å²) in [6.45, 7) is 4.14. The molecule has 43 heavy (non-hydrogen) atoms. The molecular formula is C32H32N8O3. The van der Waals surface area contributed by atoms with Gasteiger partial charge in [-0.05, 0) is 68.7 Å². The van der Waals surface area contributed by atoms with Gasteiger partial charge >= 0.3 is 6.03 Å². The number of pyridine rings is 1. The molecule has 6 heterocycles. The summed E-state index contributed by atoms with van der Waals surface area (Å²) in [6, 6.07) is 11.3. The van der Waals surface area contributed by atoms with Gasteiger partial charge in [-0.25, -0.2) is 9.78 Å². The normalized spacial score (nSPS) is 17.9. The molecule has 3 aliphatic rings. The maximum absolute atomic E-state index is 13.6. The van der Waals surface area contributed by atoms with Gasteiger partial charge in [0.05, 0.1) is 40.2 Å². The van der Waals surface area contributed by atoms with Crippen molar-refractivity contribution < 1.29 is 14.4 Å². The third-order valence-electron chi connectivity index (χ3n) is 8.99. The van der Waals surface area contributed by atoms with Gasteiger partial charge in [-0.3, -0.25) is 19.3 Å². The minimum atomic E-state index is -0.488. The van der Waals surface area contributed by atoms with Crippen LogP contribution < -0.4 is 5.32 Å². The van der Waals surface area contributed by atoms with Gasteiger partial charge in [0.2, 0.25) is 0 Å². The average Bonchev–Trinajstić information content (AvgIpc) is 3.63. The molecule has 1 saturated heterocycles. The van der Waals surface area contributed by atoms with Gasteiger partial charge in [0.15, 0.2) is 0 Å². The zero-order valence-electron chi connectivity index (χ0n) is 24.2. The molecule has 0 aliphatic carbocycles. The highest BCUT2D eigenvalue weighted by atomic mass is 16.2. The molecule has 11 heteroatoms. The number of rotatable bonds is 4. The van der Waals surface area contributed by atoms with E-state index in [0.717, 1.165) is 43.6 Å². The maximum atomic E-state index is 13.6. The highest BCUT2D eigenvalue weighted by Crippen LogP contribution is 2.38. The monoisotopic (exact) mass is 576 g/mol. The molecule has 4 aromatic rings.